The van der Waals surface area contributed by atoms with Crippen LogP contribution < -0.4 is 15.4 Å². The summed E-state index contributed by atoms with van der Waals surface area (Å²) in [5.41, 5.74) is 0.694. The van der Waals surface area contributed by atoms with Gasteiger partial charge in [-0.3, -0.25) is 9.89 Å². The van der Waals surface area contributed by atoms with E-state index in [1.165, 1.54) is 4.90 Å². The van der Waals surface area contributed by atoms with E-state index in [9.17, 15) is 18.3 Å². The largest absolute Gasteiger partial charge is 0.491 e. The molecule has 0 aromatic heterocycles. The Balaban J connectivity index is 1.93. The molecule has 2 atom stereocenters. The lowest BCUT2D eigenvalue weighted by atomic mass is 10.1. The molecule has 1 aromatic rings. The van der Waals surface area contributed by atoms with Crippen molar-refractivity contribution in [2.75, 3.05) is 32.7 Å². The molecule has 3 N–H and O–H groups in total. The molecule has 0 aliphatic carbocycles. The van der Waals surface area contributed by atoms with Crippen molar-refractivity contribution >= 4 is 5.96 Å². The maximum absolute atomic E-state index is 12.6. The first-order chi connectivity index (χ1) is 13.7. The molecule has 1 aliphatic heterocycles. The molecule has 0 radical (unpaired) electrons. The van der Waals surface area contributed by atoms with Crippen LogP contribution in [-0.4, -0.2) is 67.0 Å². The zero-order chi connectivity index (χ0) is 21.4. The number of likely N-dealkylation sites (tertiary alicyclic amines) is 1. The van der Waals surface area contributed by atoms with Gasteiger partial charge in [-0.25, -0.2) is 0 Å². The molecule has 2 unspecified atom stereocenters. The number of aliphatic imine (C=N–C) groups is 1. The maximum Gasteiger partial charge on any atom is 0.401 e. The van der Waals surface area contributed by atoms with Gasteiger partial charge in [-0.1, -0.05) is 12.1 Å². The molecule has 1 heterocycles. The number of ether oxygens (including phenoxy) is 1. The van der Waals surface area contributed by atoms with Gasteiger partial charge in [0.25, 0.3) is 0 Å². The molecule has 0 saturated carbocycles. The second kappa shape index (κ2) is 10.7. The summed E-state index contributed by atoms with van der Waals surface area (Å²) < 4.78 is 43.3. The predicted molar refractivity (Wildman–Crippen MR) is 107 cm³/mol. The Hall–Kier alpha value is -2.00. The fourth-order valence-electron chi connectivity index (χ4n) is 3.21. The smallest absolute Gasteiger partial charge is 0.401 e. The zero-order valence-corrected chi connectivity index (χ0v) is 17.2. The van der Waals surface area contributed by atoms with Gasteiger partial charge in [0.05, 0.1) is 25.3 Å². The predicted octanol–water partition coefficient (Wildman–Crippen LogP) is 2.70. The first kappa shape index (κ1) is 23.3. The van der Waals surface area contributed by atoms with E-state index in [1.54, 1.807) is 12.1 Å². The number of alkyl halides is 3. The lowest BCUT2D eigenvalue weighted by Crippen LogP contribution is -2.45. The Morgan fingerprint density at radius 3 is 2.79 bits per heavy atom. The summed E-state index contributed by atoms with van der Waals surface area (Å²) in [4.78, 5) is 5.79. The first-order valence-corrected chi connectivity index (χ1v) is 9.95. The average molecular weight is 416 g/mol. The van der Waals surface area contributed by atoms with E-state index in [2.05, 4.69) is 15.6 Å². The molecule has 9 heteroatoms. The Morgan fingerprint density at radius 1 is 1.38 bits per heavy atom. The van der Waals surface area contributed by atoms with E-state index < -0.39 is 18.8 Å². The van der Waals surface area contributed by atoms with Crippen LogP contribution in [0, 0.1) is 0 Å². The number of aliphatic hydroxyl groups is 1. The van der Waals surface area contributed by atoms with Crippen LogP contribution in [0.4, 0.5) is 13.2 Å². The van der Waals surface area contributed by atoms with Crippen LogP contribution in [0.25, 0.3) is 0 Å². The van der Waals surface area contributed by atoms with E-state index in [-0.39, 0.29) is 18.7 Å². The molecule has 1 saturated heterocycles. The van der Waals surface area contributed by atoms with Crippen LogP contribution in [-0.2, 0) is 0 Å². The van der Waals surface area contributed by atoms with Gasteiger partial charge in [-0.05, 0) is 44.9 Å². The minimum Gasteiger partial charge on any atom is -0.491 e. The molecule has 0 amide bonds. The second-order valence-corrected chi connectivity index (χ2v) is 7.45. The molecular formula is C20H31F3N4O2. The van der Waals surface area contributed by atoms with Gasteiger partial charge in [-0.15, -0.1) is 0 Å². The highest BCUT2D eigenvalue weighted by atomic mass is 19.4. The number of hydrogen-bond acceptors (Lipinski definition) is 4. The number of rotatable bonds is 8. The number of benzene rings is 1. The molecule has 6 nitrogen and oxygen atoms in total. The van der Waals surface area contributed by atoms with Crippen LogP contribution in [0.1, 0.15) is 38.9 Å². The third-order valence-electron chi connectivity index (χ3n) is 4.40. The standard InChI is InChI=1S/C20H31F3N4O2/c1-4-24-19(26-16-8-9-27(12-16)13-20(21,22)23)25-11-18(28)15-6-5-7-17(10-15)29-14(2)3/h5-7,10,14,16,18,28H,4,8-9,11-13H2,1-3H3,(H2,24,25,26). The van der Waals surface area contributed by atoms with Crippen LogP contribution in [0.3, 0.4) is 0 Å². The molecule has 1 aliphatic rings. The minimum atomic E-state index is -4.19. The quantitative estimate of drug-likeness (QED) is 0.449. The van der Waals surface area contributed by atoms with Crippen molar-refractivity contribution in [3.05, 3.63) is 29.8 Å². The van der Waals surface area contributed by atoms with Crippen molar-refractivity contribution in [3.8, 4) is 5.75 Å². The Kier molecular flexibility index (Phi) is 8.58. The van der Waals surface area contributed by atoms with Gasteiger partial charge >= 0.3 is 6.18 Å². The fourth-order valence-corrected chi connectivity index (χ4v) is 3.21. The number of hydrogen-bond donors (Lipinski definition) is 3. The summed E-state index contributed by atoms with van der Waals surface area (Å²) >= 11 is 0. The summed E-state index contributed by atoms with van der Waals surface area (Å²) in [6, 6.07) is 7.12. The van der Waals surface area contributed by atoms with E-state index in [0.29, 0.717) is 43.3 Å². The molecule has 0 bridgehead atoms. The third-order valence-corrected chi connectivity index (χ3v) is 4.40. The summed E-state index contributed by atoms with van der Waals surface area (Å²) in [7, 11) is 0. The van der Waals surface area contributed by atoms with Gasteiger partial charge in [0.1, 0.15) is 5.75 Å². The van der Waals surface area contributed by atoms with E-state index in [1.807, 2.05) is 32.9 Å². The highest BCUT2D eigenvalue weighted by molar-refractivity contribution is 5.80. The molecule has 29 heavy (non-hydrogen) atoms. The summed E-state index contributed by atoms with van der Waals surface area (Å²) in [6.07, 6.45) is -4.36. The lowest BCUT2D eigenvalue weighted by molar-refractivity contribution is -0.143. The van der Waals surface area contributed by atoms with Crippen molar-refractivity contribution in [1.29, 1.82) is 0 Å². The van der Waals surface area contributed by atoms with Gasteiger partial charge in [0, 0.05) is 25.7 Å². The summed E-state index contributed by atoms with van der Waals surface area (Å²) in [5, 5.41) is 16.7. The highest BCUT2D eigenvalue weighted by Gasteiger charge is 2.34. The Labute approximate surface area is 170 Å². The molecule has 164 valence electrons. The molecule has 1 aromatic carbocycles. The highest BCUT2D eigenvalue weighted by Crippen LogP contribution is 2.21. The fraction of sp³-hybridized carbons (Fsp3) is 0.650. The topological polar surface area (TPSA) is 69.1 Å². The summed E-state index contributed by atoms with van der Waals surface area (Å²) in [5.74, 6) is 1.17. The number of nitrogens with one attached hydrogen (secondary N) is 2. The SMILES string of the molecule is CCNC(=NCC(O)c1cccc(OC(C)C)c1)NC1CCN(CC(F)(F)F)C1. The van der Waals surface area contributed by atoms with E-state index >= 15 is 0 Å². The Morgan fingerprint density at radius 2 is 2.14 bits per heavy atom. The van der Waals surface area contributed by atoms with Crippen LogP contribution in [0.2, 0.25) is 0 Å². The zero-order valence-electron chi connectivity index (χ0n) is 17.2. The van der Waals surface area contributed by atoms with Crippen molar-refractivity contribution in [3.63, 3.8) is 0 Å². The van der Waals surface area contributed by atoms with Crippen molar-refractivity contribution < 1.29 is 23.0 Å². The number of nitrogens with zero attached hydrogens (tertiary/aromatic N) is 2. The number of guanidine groups is 1. The third kappa shape index (κ3) is 8.49. The minimum absolute atomic E-state index is 0.0355. The molecule has 1 fully saturated rings. The van der Waals surface area contributed by atoms with Crippen molar-refractivity contribution in [2.24, 2.45) is 4.99 Å². The second-order valence-electron chi connectivity index (χ2n) is 7.45. The number of aliphatic hydroxyl groups excluding tert-OH is 1. The summed E-state index contributed by atoms with van der Waals surface area (Å²) in [6.45, 7) is 6.31. The van der Waals surface area contributed by atoms with Gasteiger partial charge in [0.2, 0.25) is 0 Å². The monoisotopic (exact) mass is 416 g/mol. The van der Waals surface area contributed by atoms with Crippen LogP contribution in [0.15, 0.2) is 29.3 Å². The van der Waals surface area contributed by atoms with E-state index in [0.717, 1.165) is 0 Å². The molecular weight excluding hydrogens is 385 g/mol. The molecule has 0 spiro atoms. The maximum atomic E-state index is 12.6. The van der Waals surface area contributed by atoms with Crippen LogP contribution >= 0.6 is 0 Å². The van der Waals surface area contributed by atoms with Gasteiger partial charge in [-0.2, -0.15) is 13.2 Å². The number of halogens is 3. The van der Waals surface area contributed by atoms with Crippen molar-refractivity contribution in [2.45, 2.75) is 51.6 Å². The van der Waals surface area contributed by atoms with Gasteiger partial charge < -0.3 is 20.5 Å². The Bertz CT molecular complexity index is 667. The average Bonchev–Trinajstić information content (AvgIpc) is 3.04. The lowest BCUT2D eigenvalue weighted by Gasteiger charge is -2.20. The van der Waals surface area contributed by atoms with Crippen LogP contribution in [0.5, 0.6) is 5.75 Å². The van der Waals surface area contributed by atoms with E-state index in [4.69, 9.17) is 4.74 Å². The first-order valence-electron chi connectivity index (χ1n) is 9.95. The molecule has 2 rings (SSSR count). The van der Waals surface area contributed by atoms with Crippen molar-refractivity contribution in [1.82, 2.24) is 15.5 Å². The normalized spacial score (nSPS) is 19.4. The van der Waals surface area contributed by atoms with Gasteiger partial charge in [0.15, 0.2) is 5.96 Å².